The van der Waals surface area contributed by atoms with Crippen molar-refractivity contribution < 1.29 is 14.3 Å². The predicted molar refractivity (Wildman–Crippen MR) is 156 cm³/mol. The van der Waals surface area contributed by atoms with E-state index in [1.54, 1.807) is 49.5 Å². The number of methoxy groups -OCH3 is 2. The Morgan fingerprint density at radius 1 is 1.07 bits per heavy atom. The zero-order chi connectivity index (χ0) is 28.2. The van der Waals surface area contributed by atoms with Gasteiger partial charge in [0.25, 0.3) is 5.91 Å². The van der Waals surface area contributed by atoms with Crippen LogP contribution >= 0.6 is 0 Å². The highest BCUT2D eigenvalue weighted by atomic mass is 16.5. The Bertz CT molecular complexity index is 1530. The van der Waals surface area contributed by atoms with Gasteiger partial charge in [0.1, 0.15) is 17.5 Å². The van der Waals surface area contributed by atoms with E-state index in [0.29, 0.717) is 40.2 Å². The second-order valence-electron chi connectivity index (χ2n) is 9.29. The predicted octanol–water partition coefficient (Wildman–Crippen LogP) is 5.13. The van der Waals surface area contributed by atoms with Crippen LogP contribution in [0, 0.1) is 0 Å². The zero-order valence-corrected chi connectivity index (χ0v) is 23.3. The van der Waals surface area contributed by atoms with Gasteiger partial charge in [-0.3, -0.25) is 9.78 Å². The summed E-state index contributed by atoms with van der Waals surface area (Å²) in [7, 11) is 3.19. The summed E-state index contributed by atoms with van der Waals surface area (Å²) in [5.74, 6) is 2.00. The van der Waals surface area contributed by atoms with Crippen LogP contribution in [0.1, 0.15) is 32.4 Å². The third-order valence-corrected chi connectivity index (χ3v) is 7.01. The van der Waals surface area contributed by atoms with Crippen molar-refractivity contribution in [1.29, 1.82) is 0 Å². The quantitative estimate of drug-likeness (QED) is 0.302. The Morgan fingerprint density at radius 2 is 1.85 bits per heavy atom. The largest absolute Gasteiger partial charge is 0.497 e. The molecule has 206 valence electrons. The number of carbonyl (C=O) groups is 1. The molecule has 0 saturated carbocycles. The Hall–Kier alpha value is -4.86. The van der Waals surface area contributed by atoms with Gasteiger partial charge in [-0.15, -0.1) is 5.10 Å². The Balaban J connectivity index is 1.60. The van der Waals surface area contributed by atoms with E-state index in [2.05, 4.69) is 46.5 Å². The SMILES string of the molecule is CCN(CC)c1ccc(-c2nc3n(n2)C(c2ccc(OC)cc2OC)C(C(=O)Nc2cccnc2)=C(C)N3)cc1. The van der Waals surface area contributed by atoms with Crippen LogP contribution in [0.5, 0.6) is 11.5 Å². The van der Waals surface area contributed by atoms with Gasteiger partial charge in [-0.2, -0.15) is 4.98 Å². The van der Waals surface area contributed by atoms with E-state index in [9.17, 15) is 4.79 Å². The van der Waals surface area contributed by atoms with Crippen LogP contribution in [0.25, 0.3) is 11.4 Å². The van der Waals surface area contributed by atoms with Gasteiger partial charge in [0.15, 0.2) is 5.82 Å². The molecule has 0 aliphatic carbocycles. The molecule has 0 bridgehead atoms. The minimum atomic E-state index is -0.620. The smallest absolute Gasteiger partial charge is 0.255 e. The van der Waals surface area contributed by atoms with Gasteiger partial charge < -0.3 is 25.0 Å². The van der Waals surface area contributed by atoms with E-state index in [-0.39, 0.29) is 5.91 Å². The van der Waals surface area contributed by atoms with Crippen molar-refractivity contribution in [2.75, 3.05) is 42.8 Å². The fourth-order valence-electron chi connectivity index (χ4n) is 4.94. The molecule has 10 nitrogen and oxygen atoms in total. The lowest BCUT2D eigenvalue weighted by Crippen LogP contribution is -2.31. The van der Waals surface area contributed by atoms with Crippen LogP contribution in [0.3, 0.4) is 0 Å². The fraction of sp³-hybridized carbons (Fsp3) is 0.267. The minimum Gasteiger partial charge on any atom is -0.497 e. The molecule has 3 heterocycles. The van der Waals surface area contributed by atoms with Crippen molar-refractivity contribution in [3.8, 4) is 22.9 Å². The summed E-state index contributed by atoms with van der Waals surface area (Å²) < 4.78 is 12.9. The number of benzene rings is 2. The summed E-state index contributed by atoms with van der Waals surface area (Å²) in [5, 5.41) is 11.2. The number of fused-ring (bicyclic) bond motifs is 1. The van der Waals surface area contributed by atoms with Gasteiger partial charge in [0.2, 0.25) is 5.95 Å². The third-order valence-electron chi connectivity index (χ3n) is 7.01. The summed E-state index contributed by atoms with van der Waals surface area (Å²) in [4.78, 5) is 25.0. The second-order valence-corrected chi connectivity index (χ2v) is 9.29. The highest BCUT2D eigenvalue weighted by Gasteiger charge is 2.36. The van der Waals surface area contributed by atoms with E-state index in [1.165, 1.54) is 0 Å². The molecular formula is C30H33N7O3. The van der Waals surface area contributed by atoms with Crippen molar-refractivity contribution in [2.24, 2.45) is 0 Å². The minimum absolute atomic E-state index is 0.285. The molecule has 2 aromatic heterocycles. The molecule has 5 rings (SSSR count). The van der Waals surface area contributed by atoms with E-state index < -0.39 is 6.04 Å². The van der Waals surface area contributed by atoms with Crippen molar-refractivity contribution >= 4 is 23.2 Å². The van der Waals surface area contributed by atoms with Gasteiger partial charge in [-0.25, -0.2) is 4.68 Å². The first-order chi connectivity index (χ1) is 19.5. The highest BCUT2D eigenvalue weighted by molar-refractivity contribution is 6.06. The van der Waals surface area contributed by atoms with E-state index in [1.807, 2.05) is 31.2 Å². The van der Waals surface area contributed by atoms with E-state index in [4.69, 9.17) is 19.6 Å². The van der Waals surface area contributed by atoms with Crippen molar-refractivity contribution in [2.45, 2.75) is 26.8 Å². The maximum atomic E-state index is 13.8. The number of nitrogens with zero attached hydrogens (tertiary/aromatic N) is 5. The summed E-state index contributed by atoms with van der Waals surface area (Å²) in [6.45, 7) is 7.99. The molecule has 1 aliphatic rings. The van der Waals surface area contributed by atoms with Gasteiger partial charge >= 0.3 is 0 Å². The number of nitrogens with one attached hydrogen (secondary N) is 2. The number of hydrogen-bond donors (Lipinski definition) is 2. The Morgan fingerprint density at radius 3 is 2.50 bits per heavy atom. The first kappa shape index (κ1) is 26.7. The summed E-state index contributed by atoms with van der Waals surface area (Å²) in [6.07, 6.45) is 3.26. The van der Waals surface area contributed by atoms with Crippen molar-refractivity contribution in [3.63, 3.8) is 0 Å². The lowest BCUT2D eigenvalue weighted by atomic mass is 9.94. The van der Waals surface area contributed by atoms with Crippen LogP contribution in [0.15, 0.2) is 78.3 Å². The molecule has 1 atom stereocenters. The molecule has 40 heavy (non-hydrogen) atoms. The molecule has 1 unspecified atom stereocenters. The maximum Gasteiger partial charge on any atom is 0.255 e. The standard InChI is InChI=1S/C30H33N7O3/c1-6-36(7-2)22-12-10-20(11-13-22)28-34-30-32-19(3)26(29(38)33-21-9-8-16-31-18-21)27(37(30)35-28)24-15-14-23(39-4)17-25(24)40-5/h8-18,27H,6-7H2,1-5H3,(H,33,38)(H,32,34,35). The van der Waals surface area contributed by atoms with Gasteiger partial charge in [-0.1, -0.05) is 0 Å². The topological polar surface area (TPSA) is 106 Å². The second kappa shape index (κ2) is 11.5. The summed E-state index contributed by atoms with van der Waals surface area (Å²) in [5.41, 5.74) is 4.49. The van der Waals surface area contributed by atoms with Crippen LogP contribution < -0.4 is 25.0 Å². The molecule has 0 radical (unpaired) electrons. The zero-order valence-electron chi connectivity index (χ0n) is 23.3. The first-order valence-corrected chi connectivity index (χ1v) is 13.2. The molecule has 2 aromatic carbocycles. The number of rotatable bonds is 9. The number of anilines is 3. The fourth-order valence-corrected chi connectivity index (χ4v) is 4.94. The third kappa shape index (κ3) is 5.07. The number of ether oxygens (including phenoxy) is 2. The average Bonchev–Trinajstić information content (AvgIpc) is 3.41. The van der Waals surface area contributed by atoms with Crippen molar-refractivity contribution in [1.82, 2.24) is 19.7 Å². The lowest BCUT2D eigenvalue weighted by molar-refractivity contribution is -0.113. The number of carbonyl (C=O) groups excluding carboxylic acids is 1. The molecule has 0 fully saturated rings. The highest BCUT2D eigenvalue weighted by Crippen LogP contribution is 2.41. The molecule has 4 aromatic rings. The summed E-state index contributed by atoms with van der Waals surface area (Å²) >= 11 is 0. The number of hydrogen-bond acceptors (Lipinski definition) is 8. The Labute approximate surface area is 233 Å². The number of allylic oxidation sites excluding steroid dienone is 1. The Kier molecular flexibility index (Phi) is 7.68. The van der Waals surface area contributed by atoms with E-state index >= 15 is 0 Å². The average molecular weight is 540 g/mol. The van der Waals surface area contributed by atoms with Crippen LogP contribution in [0.2, 0.25) is 0 Å². The molecule has 1 aliphatic heterocycles. The molecule has 10 heteroatoms. The van der Waals surface area contributed by atoms with E-state index in [0.717, 1.165) is 29.9 Å². The van der Waals surface area contributed by atoms with Gasteiger partial charge in [0.05, 0.1) is 31.7 Å². The van der Waals surface area contributed by atoms with Gasteiger partial charge in [0, 0.05) is 47.9 Å². The first-order valence-electron chi connectivity index (χ1n) is 13.2. The monoisotopic (exact) mass is 539 g/mol. The number of amides is 1. The molecule has 2 N–H and O–H groups in total. The molecule has 0 spiro atoms. The number of aromatic nitrogens is 4. The van der Waals surface area contributed by atoms with Crippen LogP contribution in [0.4, 0.5) is 17.3 Å². The summed E-state index contributed by atoms with van der Waals surface area (Å²) in [6, 6.07) is 16.7. The molecular weight excluding hydrogens is 506 g/mol. The number of pyridine rings is 1. The molecule has 0 saturated heterocycles. The molecule has 1 amide bonds. The maximum absolute atomic E-state index is 13.8. The van der Waals surface area contributed by atoms with Crippen LogP contribution in [-0.2, 0) is 4.79 Å². The van der Waals surface area contributed by atoms with Crippen LogP contribution in [-0.4, -0.2) is 53.0 Å². The normalized spacial score (nSPS) is 14.3. The van der Waals surface area contributed by atoms with Gasteiger partial charge in [-0.05, 0) is 69.3 Å². The lowest BCUT2D eigenvalue weighted by Gasteiger charge is -2.29. The van der Waals surface area contributed by atoms with Crippen molar-refractivity contribution in [3.05, 3.63) is 83.8 Å².